The van der Waals surface area contributed by atoms with Gasteiger partial charge in [0, 0.05) is 39.0 Å². The van der Waals surface area contributed by atoms with Crippen molar-refractivity contribution < 1.29 is 9.52 Å². The zero-order valence-electron chi connectivity index (χ0n) is 18.0. The third kappa shape index (κ3) is 3.04. The summed E-state index contributed by atoms with van der Waals surface area (Å²) in [7, 11) is 1.82. The average Bonchev–Trinajstić information content (AvgIpc) is 3.31. The summed E-state index contributed by atoms with van der Waals surface area (Å²) in [4.78, 5) is 36.8. The maximum atomic E-state index is 13.1. The van der Waals surface area contributed by atoms with E-state index >= 15 is 0 Å². The number of aliphatic hydroxyl groups is 1. The molecular weight excluding hydrogens is 410 g/mol. The summed E-state index contributed by atoms with van der Waals surface area (Å²) in [5.41, 5.74) is -0.447. The third-order valence-corrected chi connectivity index (χ3v) is 6.06. The highest BCUT2D eigenvalue weighted by Gasteiger charge is 2.45. The number of nitrogens with zero attached hydrogens (tertiary/aromatic N) is 4. The van der Waals surface area contributed by atoms with Crippen LogP contribution in [0.4, 0.5) is 0 Å². The molecule has 0 fully saturated rings. The Labute approximate surface area is 183 Å². The number of imidazole rings is 1. The van der Waals surface area contributed by atoms with Crippen molar-refractivity contribution in [2.45, 2.75) is 38.8 Å². The van der Waals surface area contributed by atoms with Gasteiger partial charge >= 0.3 is 5.69 Å². The summed E-state index contributed by atoms with van der Waals surface area (Å²) in [6.07, 6.45) is 5.98. The third-order valence-electron chi connectivity index (χ3n) is 6.06. The van der Waals surface area contributed by atoms with Gasteiger partial charge in [-0.15, -0.1) is 0 Å². The lowest BCUT2D eigenvalue weighted by Crippen LogP contribution is -2.41. The molecule has 3 heterocycles. The van der Waals surface area contributed by atoms with Gasteiger partial charge in [-0.05, 0) is 24.5 Å². The molecule has 2 N–H and O–H groups in total. The van der Waals surface area contributed by atoms with Crippen LogP contribution in [0.1, 0.15) is 45.4 Å². The van der Waals surface area contributed by atoms with Gasteiger partial charge in [0.25, 0.3) is 5.56 Å². The molecule has 4 aromatic rings. The molecule has 1 aliphatic carbocycles. The average molecular weight is 433 g/mol. The molecule has 3 aromatic heterocycles. The number of hydrogen-bond donors (Lipinski definition) is 2. The minimum Gasteiger partial charge on any atom is -0.446 e. The predicted molar refractivity (Wildman–Crippen MR) is 116 cm³/mol. The van der Waals surface area contributed by atoms with Crippen LogP contribution >= 0.6 is 0 Å². The van der Waals surface area contributed by atoms with E-state index in [4.69, 9.17) is 4.42 Å². The van der Waals surface area contributed by atoms with Crippen LogP contribution < -0.4 is 11.2 Å². The second kappa shape index (κ2) is 7.16. The quantitative estimate of drug-likeness (QED) is 0.503. The molecule has 1 atom stereocenters. The Morgan fingerprint density at radius 1 is 1.22 bits per heavy atom. The maximum absolute atomic E-state index is 13.1. The number of fused-ring (bicyclic) bond motifs is 2. The van der Waals surface area contributed by atoms with Crippen LogP contribution in [-0.2, 0) is 32.0 Å². The Balaban J connectivity index is 1.79. The largest absolute Gasteiger partial charge is 0.446 e. The van der Waals surface area contributed by atoms with Crippen LogP contribution in [0.25, 0.3) is 0 Å². The minimum atomic E-state index is -1.88. The van der Waals surface area contributed by atoms with Gasteiger partial charge in [-0.25, -0.2) is 14.8 Å². The van der Waals surface area contributed by atoms with Crippen molar-refractivity contribution in [2.24, 2.45) is 7.05 Å². The fourth-order valence-corrected chi connectivity index (χ4v) is 4.40. The van der Waals surface area contributed by atoms with E-state index in [9.17, 15) is 14.7 Å². The zero-order valence-corrected chi connectivity index (χ0v) is 18.0. The van der Waals surface area contributed by atoms with Crippen LogP contribution in [0, 0.1) is 13.8 Å². The van der Waals surface area contributed by atoms with Gasteiger partial charge in [0.05, 0.1) is 12.1 Å². The molecule has 9 heteroatoms. The van der Waals surface area contributed by atoms with Gasteiger partial charge < -0.3 is 14.1 Å². The molecule has 0 saturated carbocycles. The molecule has 0 bridgehead atoms. The molecule has 5 rings (SSSR count). The van der Waals surface area contributed by atoms with E-state index in [0.717, 1.165) is 11.1 Å². The first-order valence-electron chi connectivity index (χ1n) is 10.4. The van der Waals surface area contributed by atoms with Crippen molar-refractivity contribution >= 4 is 0 Å². The Morgan fingerprint density at radius 3 is 2.78 bits per heavy atom. The van der Waals surface area contributed by atoms with Gasteiger partial charge in [-0.3, -0.25) is 14.3 Å². The molecule has 0 amide bonds. The second-order valence-electron chi connectivity index (χ2n) is 8.26. The molecule has 0 spiro atoms. The Hall–Kier alpha value is -3.72. The van der Waals surface area contributed by atoms with E-state index in [-0.39, 0.29) is 17.8 Å². The number of H-pyrrole nitrogens is 1. The lowest BCUT2D eigenvalue weighted by molar-refractivity contribution is 0.117. The van der Waals surface area contributed by atoms with Crippen molar-refractivity contribution in [1.29, 1.82) is 0 Å². The van der Waals surface area contributed by atoms with Crippen LogP contribution in [0.5, 0.6) is 0 Å². The molecular formula is C23H23N5O4. The topological polar surface area (TPSA) is 119 Å². The van der Waals surface area contributed by atoms with Crippen LogP contribution in [-0.4, -0.2) is 29.2 Å². The van der Waals surface area contributed by atoms with Gasteiger partial charge in [-0.2, -0.15) is 0 Å². The fourth-order valence-electron chi connectivity index (χ4n) is 4.40. The van der Waals surface area contributed by atoms with E-state index in [2.05, 4.69) is 15.0 Å². The van der Waals surface area contributed by atoms with Gasteiger partial charge in [-0.1, -0.05) is 23.8 Å². The molecule has 0 aliphatic heterocycles. The SMILES string of the molecule is Cc1ccc2c(c1)C(O)(c1cn(Cc3nccn3C)c(=O)[nH]c1=O)c1nc(C)oc1CC2. The number of aromatic nitrogens is 5. The monoisotopic (exact) mass is 433 g/mol. The summed E-state index contributed by atoms with van der Waals surface area (Å²) in [5, 5.41) is 12.3. The number of hydrogen-bond acceptors (Lipinski definition) is 6. The van der Waals surface area contributed by atoms with Gasteiger partial charge in [0.15, 0.2) is 11.5 Å². The maximum Gasteiger partial charge on any atom is 0.328 e. The minimum absolute atomic E-state index is 0.00890. The molecule has 1 unspecified atom stereocenters. The fraction of sp³-hybridized carbons (Fsp3) is 0.304. The molecule has 9 nitrogen and oxygen atoms in total. The van der Waals surface area contributed by atoms with Crippen LogP contribution in [0.2, 0.25) is 0 Å². The van der Waals surface area contributed by atoms with Crippen LogP contribution in [0.3, 0.4) is 0 Å². The van der Waals surface area contributed by atoms with Crippen molar-refractivity contribution in [3.05, 3.63) is 103 Å². The van der Waals surface area contributed by atoms with E-state index in [1.165, 1.54) is 10.8 Å². The highest BCUT2D eigenvalue weighted by atomic mass is 16.4. The molecule has 0 radical (unpaired) electrons. The number of aryl methyl sites for hydroxylation is 5. The molecule has 1 aromatic carbocycles. The van der Waals surface area contributed by atoms with Crippen LogP contribution in [0.15, 0.2) is 50.8 Å². The van der Waals surface area contributed by atoms with E-state index in [0.29, 0.717) is 35.9 Å². The first kappa shape index (κ1) is 20.2. The van der Waals surface area contributed by atoms with E-state index < -0.39 is 16.9 Å². The van der Waals surface area contributed by atoms with Crippen molar-refractivity contribution in [1.82, 2.24) is 24.1 Å². The lowest BCUT2D eigenvalue weighted by atomic mass is 9.82. The summed E-state index contributed by atoms with van der Waals surface area (Å²) in [5.74, 6) is 1.56. The van der Waals surface area contributed by atoms with Crippen molar-refractivity contribution in [2.75, 3.05) is 0 Å². The Morgan fingerprint density at radius 2 is 2.03 bits per heavy atom. The summed E-state index contributed by atoms with van der Waals surface area (Å²) < 4.78 is 8.92. The van der Waals surface area contributed by atoms with E-state index in [1.807, 2.05) is 32.2 Å². The predicted octanol–water partition coefficient (Wildman–Crippen LogP) is 1.31. The number of aromatic amines is 1. The summed E-state index contributed by atoms with van der Waals surface area (Å²) >= 11 is 0. The standard InChI is InChI=1S/C23H23N5O4/c1-13-4-5-15-6-7-18-20(25-14(2)32-18)23(31,16(15)10-13)17-11-28(22(30)26-21(17)29)12-19-24-8-9-27(19)3/h4-5,8-11,31H,6-7,12H2,1-3H3,(H,26,29,30). The highest BCUT2D eigenvalue weighted by molar-refractivity contribution is 5.51. The zero-order chi connectivity index (χ0) is 22.6. The first-order chi connectivity index (χ1) is 15.3. The van der Waals surface area contributed by atoms with Crippen molar-refractivity contribution in [3.8, 4) is 0 Å². The summed E-state index contributed by atoms with van der Waals surface area (Å²) in [6, 6.07) is 5.78. The van der Waals surface area contributed by atoms with Gasteiger partial charge in [0.2, 0.25) is 0 Å². The number of rotatable bonds is 3. The highest BCUT2D eigenvalue weighted by Crippen LogP contribution is 2.41. The Kier molecular flexibility index (Phi) is 4.52. The second-order valence-corrected chi connectivity index (χ2v) is 8.26. The summed E-state index contributed by atoms with van der Waals surface area (Å²) in [6.45, 7) is 3.76. The number of oxazole rings is 1. The Bertz CT molecular complexity index is 1460. The number of nitrogens with one attached hydrogen (secondary N) is 1. The lowest BCUT2D eigenvalue weighted by Gasteiger charge is -2.28. The number of benzene rings is 1. The molecule has 164 valence electrons. The smallest absolute Gasteiger partial charge is 0.328 e. The molecule has 32 heavy (non-hydrogen) atoms. The van der Waals surface area contributed by atoms with Crippen molar-refractivity contribution in [3.63, 3.8) is 0 Å². The molecule has 0 saturated heterocycles. The molecule has 1 aliphatic rings. The normalized spacial score (nSPS) is 17.6. The first-order valence-corrected chi connectivity index (χ1v) is 10.4. The van der Waals surface area contributed by atoms with E-state index in [1.54, 1.807) is 23.9 Å². The van der Waals surface area contributed by atoms with Gasteiger partial charge in [0.1, 0.15) is 17.3 Å².